The Kier molecular flexibility index (Phi) is 2.72. The van der Waals surface area contributed by atoms with Crippen molar-refractivity contribution in [2.75, 3.05) is 0 Å². The van der Waals surface area contributed by atoms with Crippen molar-refractivity contribution < 1.29 is 0 Å². The molecule has 0 saturated heterocycles. The fourth-order valence-electron chi connectivity index (χ4n) is 4.04. The summed E-state index contributed by atoms with van der Waals surface area (Å²) in [6.07, 6.45) is 0. The minimum atomic E-state index is 1.31. The van der Waals surface area contributed by atoms with Gasteiger partial charge in [0.2, 0.25) is 0 Å². The van der Waals surface area contributed by atoms with Gasteiger partial charge in [-0.2, -0.15) is 0 Å². The molecule has 0 atom stereocenters. The molecule has 5 rings (SSSR count). The van der Waals surface area contributed by atoms with Gasteiger partial charge in [-0.15, -0.1) is 0 Å². The summed E-state index contributed by atoms with van der Waals surface area (Å²) in [4.78, 5) is 0. The van der Waals surface area contributed by atoms with Crippen LogP contribution in [0.5, 0.6) is 0 Å². The molecule has 0 unspecified atom stereocenters. The van der Waals surface area contributed by atoms with E-state index in [4.69, 9.17) is 0 Å². The van der Waals surface area contributed by atoms with Crippen molar-refractivity contribution in [3.05, 3.63) is 83.9 Å². The van der Waals surface area contributed by atoms with Crippen molar-refractivity contribution in [1.82, 2.24) is 0 Å². The van der Waals surface area contributed by atoms with E-state index in [0.29, 0.717) is 0 Å². The zero-order valence-corrected chi connectivity index (χ0v) is 13.9. The van der Waals surface area contributed by atoms with E-state index in [0.717, 1.165) is 0 Å². The minimum Gasteiger partial charge on any atom is -0.0616 e. The molecule has 0 fully saturated rings. The Labute approximate surface area is 141 Å². The zero-order valence-electron chi connectivity index (χ0n) is 13.9. The minimum absolute atomic E-state index is 1.31. The Hall–Kier alpha value is -2.86. The number of benzene rings is 5. The number of aryl methyl sites for hydroxylation is 2. The van der Waals surface area contributed by atoms with Gasteiger partial charge < -0.3 is 0 Å². The molecule has 0 N–H and O–H groups in total. The van der Waals surface area contributed by atoms with E-state index in [1.165, 1.54) is 54.2 Å². The van der Waals surface area contributed by atoms with Crippen LogP contribution in [0.2, 0.25) is 0 Å². The van der Waals surface area contributed by atoms with Crippen LogP contribution >= 0.6 is 0 Å². The molecule has 0 saturated carbocycles. The van der Waals surface area contributed by atoms with Gasteiger partial charge in [-0.3, -0.25) is 0 Å². The van der Waals surface area contributed by atoms with Gasteiger partial charge in [0.25, 0.3) is 0 Å². The molecule has 0 aliphatic heterocycles. The first-order valence-corrected chi connectivity index (χ1v) is 8.46. The average Bonchev–Trinajstić information content (AvgIpc) is 2.63. The second-order valence-electron chi connectivity index (χ2n) is 6.74. The number of hydrogen-bond acceptors (Lipinski definition) is 0. The summed E-state index contributed by atoms with van der Waals surface area (Å²) in [6.45, 7) is 4.49. The van der Waals surface area contributed by atoms with Crippen LogP contribution in [-0.2, 0) is 0 Å². The summed E-state index contributed by atoms with van der Waals surface area (Å²) < 4.78 is 0. The van der Waals surface area contributed by atoms with Crippen molar-refractivity contribution in [3.8, 4) is 0 Å². The SMILES string of the molecule is Cc1c2ccccc2c(C)c2cc3cc4ccccc4cc3cc12. The summed E-state index contributed by atoms with van der Waals surface area (Å²) in [7, 11) is 0. The number of hydrogen-bond donors (Lipinski definition) is 0. The topological polar surface area (TPSA) is 0 Å². The lowest BCUT2D eigenvalue weighted by molar-refractivity contribution is 1.53. The van der Waals surface area contributed by atoms with Gasteiger partial charge in [0.05, 0.1) is 0 Å². The van der Waals surface area contributed by atoms with Crippen LogP contribution in [0, 0.1) is 13.8 Å². The molecule has 114 valence electrons. The molecule has 0 heteroatoms. The Morgan fingerprint density at radius 2 is 0.833 bits per heavy atom. The van der Waals surface area contributed by atoms with Gasteiger partial charge >= 0.3 is 0 Å². The molecule has 0 bridgehead atoms. The lowest BCUT2D eigenvalue weighted by Crippen LogP contribution is -1.89. The van der Waals surface area contributed by atoms with E-state index in [-0.39, 0.29) is 0 Å². The summed E-state index contributed by atoms with van der Waals surface area (Å²) >= 11 is 0. The standard InChI is InChI=1S/C24H18/c1-15-21-9-5-6-10-22(21)16(2)24-14-20-12-18-8-4-3-7-17(18)11-19(20)13-23(15)24/h3-14H,1-2H3. The molecular weight excluding hydrogens is 288 g/mol. The number of rotatable bonds is 0. The first-order chi connectivity index (χ1) is 11.7. The van der Waals surface area contributed by atoms with Gasteiger partial charge in [-0.25, -0.2) is 0 Å². The van der Waals surface area contributed by atoms with Crippen LogP contribution < -0.4 is 0 Å². The van der Waals surface area contributed by atoms with E-state index in [2.05, 4.69) is 86.6 Å². The van der Waals surface area contributed by atoms with Crippen molar-refractivity contribution in [2.24, 2.45) is 0 Å². The first kappa shape index (κ1) is 13.6. The second kappa shape index (κ2) is 4.82. The molecule has 0 radical (unpaired) electrons. The maximum absolute atomic E-state index is 2.37. The molecule has 0 aliphatic rings. The molecule has 0 aromatic heterocycles. The van der Waals surface area contributed by atoms with Gasteiger partial charge in [0.15, 0.2) is 0 Å². The second-order valence-corrected chi connectivity index (χ2v) is 6.74. The Balaban J connectivity index is 2.01. The normalized spacial score (nSPS) is 11.8. The summed E-state index contributed by atoms with van der Waals surface area (Å²) in [6, 6.07) is 26.7. The Morgan fingerprint density at radius 3 is 1.29 bits per heavy atom. The highest BCUT2D eigenvalue weighted by Crippen LogP contribution is 2.35. The van der Waals surface area contributed by atoms with E-state index in [1.54, 1.807) is 0 Å². The largest absolute Gasteiger partial charge is 0.0616 e. The molecule has 5 aromatic carbocycles. The monoisotopic (exact) mass is 306 g/mol. The van der Waals surface area contributed by atoms with Gasteiger partial charge in [-0.05, 0) is 92.3 Å². The van der Waals surface area contributed by atoms with Crippen LogP contribution in [-0.4, -0.2) is 0 Å². The third-order valence-corrected chi connectivity index (χ3v) is 5.38. The van der Waals surface area contributed by atoms with E-state index < -0.39 is 0 Å². The molecule has 0 heterocycles. The van der Waals surface area contributed by atoms with Crippen molar-refractivity contribution in [3.63, 3.8) is 0 Å². The lowest BCUT2D eigenvalue weighted by atomic mass is 9.90. The predicted octanol–water partition coefficient (Wildman–Crippen LogP) is 6.92. The highest BCUT2D eigenvalue weighted by Gasteiger charge is 2.10. The lowest BCUT2D eigenvalue weighted by Gasteiger charge is -2.13. The van der Waals surface area contributed by atoms with Crippen LogP contribution in [0.15, 0.2) is 72.8 Å². The highest BCUT2D eigenvalue weighted by atomic mass is 14.1. The van der Waals surface area contributed by atoms with E-state index in [9.17, 15) is 0 Å². The molecule has 24 heavy (non-hydrogen) atoms. The fraction of sp³-hybridized carbons (Fsp3) is 0.0833. The maximum Gasteiger partial charge on any atom is -0.0139 e. The van der Waals surface area contributed by atoms with E-state index in [1.807, 2.05) is 0 Å². The van der Waals surface area contributed by atoms with Crippen LogP contribution in [0.4, 0.5) is 0 Å². The summed E-state index contributed by atoms with van der Waals surface area (Å²) in [5.74, 6) is 0. The van der Waals surface area contributed by atoms with E-state index >= 15 is 0 Å². The predicted molar refractivity (Wildman–Crippen MR) is 106 cm³/mol. The average molecular weight is 306 g/mol. The summed E-state index contributed by atoms with van der Waals surface area (Å²) in [5.41, 5.74) is 2.75. The maximum atomic E-state index is 2.37. The molecule has 0 amide bonds. The van der Waals surface area contributed by atoms with Gasteiger partial charge in [0.1, 0.15) is 0 Å². The molecule has 0 aliphatic carbocycles. The first-order valence-electron chi connectivity index (χ1n) is 8.46. The van der Waals surface area contributed by atoms with Gasteiger partial charge in [0, 0.05) is 0 Å². The third kappa shape index (κ3) is 1.80. The smallest absolute Gasteiger partial charge is 0.0139 e. The van der Waals surface area contributed by atoms with Crippen LogP contribution in [0.25, 0.3) is 43.1 Å². The molecule has 5 aromatic rings. The Bertz CT molecular complexity index is 1160. The zero-order chi connectivity index (χ0) is 16.3. The van der Waals surface area contributed by atoms with Crippen LogP contribution in [0.1, 0.15) is 11.1 Å². The molecular formula is C24H18. The quantitative estimate of drug-likeness (QED) is 0.272. The van der Waals surface area contributed by atoms with Crippen molar-refractivity contribution in [2.45, 2.75) is 13.8 Å². The number of fused-ring (bicyclic) bond motifs is 4. The third-order valence-electron chi connectivity index (χ3n) is 5.38. The highest BCUT2D eigenvalue weighted by molar-refractivity contribution is 6.11. The summed E-state index contributed by atoms with van der Waals surface area (Å²) in [5, 5.41) is 10.7. The molecule has 0 nitrogen and oxygen atoms in total. The van der Waals surface area contributed by atoms with Crippen LogP contribution in [0.3, 0.4) is 0 Å². The van der Waals surface area contributed by atoms with Crippen molar-refractivity contribution >= 4 is 43.1 Å². The fourth-order valence-corrected chi connectivity index (χ4v) is 4.04. The van der Waals surface area contributed by atoms with Crippen molar-refractivity contribution in [1.29, 1.82) is 0 Å². The van der Waals surface area contributed by atoms with Gasteiger partial charge in [-0.1, -0.05) is 48.5 Å². The Morgan fingerprint density at radius 1 is 0.417 bits per heavy atom. The molecule has 0 spiro atoms.